The van der Waals surface area contributed by atoms with Crippen LogP contribution in [0.3, 0.4) is 0 Å². The van der Waals surface area contributed by atoms with Gasteiger partial charge in [0.05, 0.1) is 18.7 Å². The SMILES string of the molecule is [C-]#[N+]c1c(-c2ccc(CC(=O)Cc3cc(C4CCC(F)(F)C4)no3)cc2)nn(C(C)C)c1NC(=O)OC(C)(C)C. The van der Waals surface area contributed by atoms with Crippen LogP contribution >= 0.6 is 0 Å². The lowest BCUT2D eigenvalue weighted by atomic mass is 10.0. The Bertz CT molecular complexity index is 1430. The minimum absolute atomic E-state index is 0.0121. The third-order valence-electron chi connectivity index (χ3n) is 6.50. The van der Waals surface area contributed by atoms with Crippen molar-refractivity contribution in [2.24, 2.45) is 0 Å². The highest BCUT2D eigenvalue weighted by atomic mass is 19.3. The number of Topliss-reactive ketones (excluding diaryl/α,β-unsaturated/α-hetero) is 1. The molecule has 3 aromatic rings. The highest BCUT2D eigenvalue weighted by Gasteiger charge is 2.41. The first-order chi connectivity index (χ1) is 18.7. The van der Waals surface area contributed by atoms with E-state index in [1.54, 1.807) is 55.8 Å². The van der Waals surface area contributed by atoms with Crippen LogP contribution in [0.25, 0.3) is 16.1 Å². The monoisotopic (exact) mass is 553 g/mol. The second kappa shape index (κ2) is 11.2. The number of ether oxygens (including phenoxy) is 1. The van der Waals surface area contributed by atoms with E-state index in [1.165, 1.54) is 0 Å². The summed E-state index contributed by atoms with van der Waals surface area (Å²) in [7, 11) is 0. The molecule has 1 N–H and O–H groups in total. The number of benzene rings is 1. The molecule has 40 heavy (non-hydrogen) atoms. The topological polar surface area (TPSA) is 104 Å². The van der Waals surface area contributed by atoms with Gasteiger partial charge in [-0.3, -0.25) is 14.8 Å². The predicted octanol–water partition coefficient (Wildman–Crippen LogP) is 7.27. The summed E-state index contributed by atoms with van der Waals surface area (Å²) < 4.78 is 39.2. The number of hydrogen-bond acceptors (Lipinski definition) is 6. The fourth-order valence-corrected chi connectivity index (χ4v) is 4.69. The number of carbonyl (C=O) groups excluding carboxylic acids is 2. The highest BCUT2D eigenvalue weighted by Crippen LogP contribution is 2.44. The first-order valence-corrected chi connectivity index (χ1v) is 13.2. The minimum atomic E-state index is -2.68. The molecule has 11 heteroatoms. The fourth-order valence-electron chi connectivity index (χ4n) is 4.69. The van der Waals surface area contributed by atoms with Crippen LogP contribution in [0.4, 0.5) is 25.1 Å². The first-order valence-electron chi connectivity index (χ1n) is 13.2. The molecule has 1 fully saturated rings. The fraction of sp³-hybridized carbons (Fsp3) is 0.483. The zero-order chi connectivity index (χ0) is 29.2. The Morgan fingerprint density at radius 1 is 1.25 bits per heavy atom. The molecule has 1 saturated carbocycles. The van der Waals surface area contributed by atoms with Crippen LogP contribution in [0.15, 0.2) is 34.9 Å². The van der Waals surface area contributed by atoms with Gasteiger partial charge in [0, 0.05) is 37.3 Å². The van der Waals surface area contributed by atoms with Crippen molar-refractivity contribution < 1.29 is 27.6 Å². The molecule has 0 radical (unpaired) electrons. The van der Waals surface area contributed by atoms with E-state index in [-0.39, 0.29) is 54.9 Å². The van der Waals surface area contributed by atoms with E-state index >= 15 is 0 Å². The van der Waals surface area contributed by atoms with Gasteiger partial charge in [0.1, 0.15) is 28.7 Å². The lowest BCUT2D eigenvalue weighted by Crippen LogP contribution is -2.28. The minimum Gasteiger partial charge on any atom is -0.444 e. The average molecular weight is 554 g/mol. The smallest absolute Gasteiger partial charge is 0.412 e. The quantitative estimate of drug-likeness (QED) is 0.294. The molecule has 2 heterocycles. The summed E-state index contributed by atoms with van der Waals surface area (Å²) >= 11 is 0. The van der Waals surface area contributed by atoms with E-state index in [4.69, 9.17) is 15.8 Å². The number of alkyl halides is 2. The Labute approximate surface area is 231 Å². The Balaban J connectivity index is 1.45. The summed E-state index contributed by atoms with van der Waals surface area (Å²) in [5.41, 5.74) is 1.76. The lowest BCUT2D eigenvalue weighted by Gasteiger charge is -2.20. The zero-order valence-corrected chi connectivity index (χ0v) is 23.3. The number of nitrogens with one attached hydrogen (secondary N) is 1. The molecule has 2 aromatic heterocycles. The summed E-state index contributed by atoms with van der Waals surface area (Å²) in [6.45, 7) is 16.8. The van der Waals surface area contributed by atoms with Gasteiger partial charge in [-0.1, -0.05) is 29.4 Å². The van der Waals surface area contributed by atoms with E-state index in [0.29, 0.717) is 29.1 Å². The molecule has 212 valence electrons. The number of halogens is 2. The Hall–Kier alpha value is -4.07. The number of aromatic nitrogens is 3. The number of carbonyl (C=O) groups is 2. The van der Waals surface area contributed by atoms with Crippen molar-refractivity contribution in [3.63, 3.8) is 0 Å². The van der Waals surface area contributed by atoms with Crippen LogP contribution in [-0.4, -0.2) is 38.3 Å². The maximum absolute atomic E-state index is 13.5. The maximum atomic E-state index is 13.5. The number of amides is 1. The average Bonchev–Trinajstić information content (AvgIpc) is 3.55. The third kappa shape index (κ3) is 6.92. The predicted molar refractivity (Wildman–Crippen MR) is 145 cm³/mol. The van der Waals surface area contributed by atoms with E-state index in [0.717, 1.165) is 5.56 Å². The molecule has 1 aromatic carbocycles. The molecule has 1 unspecified atom stereocenters. The van der Waals surface area contributed by atoms with Crippen molar-refractivity contribution in [3.05, 3.63) is 58.8 Å². The Kier molecular flexibility index (Phi) is 8.10. The standard InChI is InChI=1S/C29H33F2N5O4/c1-17(2)36-26(33-27(38)39-28(3,4)5)25(32-6)24(34-36)19-9-7-18(8-10-19)13-21(37)14-22-15-23(35-40-22)20-11-12-29(30,31)16-20/h7-10,15,17,20H,11-14,16H2,1-5H3,(H,33,38). The van der Waals surface area contributed by atoms with Crippen molar-refractivity contribution in [3.8, 4) is 11.3 Å². The van der Waals surface area contributed by atoms with Crippen LogP contribution in [0, 0.1) is 6.57 Å². The van der Waals surface area contributed by atoms with Gasteiger partial charge in [-0.2, -0.15) is 5.10 Å². The third-order valence-corrected chi connectivity index (χ3v) is 6.50. The van der Waals surface area contributed by atoms with E-state index in [2.05, 4.69) is 20.4 Å². The van der Waals surface area contributed by atoms with E-state index < -0.39 is 17.6 Å². The zero-order valence-electron chi connectivity index (χ0n) is 23.3. The van der Waals surface area contributed by atoms with Gasteiger partial charge in [-0.25, -0.2) is 18.4 Å². The second-order valence-corrected chi connectivity index (χ2v) is 11.4. The highest BCUT2D eigenvalue weighted by molar-refractivity contribution is 5.93. The van der Waals surface area contributed by atoms with Crippen molar-refractivity contribution in [2.45, 2.75) is 90.2 Å². The molecule has 9 nitrogen and oxygen atoms in total. The molecular formula is C29H33F2N5O4. The molecule has 1 amide bonds. The van der Waals surface area contributed by atoms with Crippen LogP contribution in [0.5, 0.6) is 0 Å². The molecule has 0 saturated heterocycles. The van der Waals surface area contributed by atoms with Gasteiger partial charge in [-0.15, -0.1) is 0 Å². The Morgan fingerprint density at radius 3 is 2.52 bits per heavy atom. The van der Waals surface area contributed by atoms with Crippen molar-refractivity contribution in [1.82, 2.24) is 14.9 Å². The van der Waals surface area contributed by atoms with Gasteiger partial charge >= 0.3 is 6.09 Å². The molecule has 1 atom stereocenters. The normalized spacial score (nSPS) is 16.6. The molecule has 1 aliphatic carbocycles. The van der Waals surface area contributed by atoms with Gasteiger partial charge in [0.25, 0.3) is 5.69 Å². The van der Waals surface area contributed by atoms with Crippen LogP contribution in [-0.2, 0) is 22.4 Å². The first kappa shape index (κ1) is 28.9. The van der Waals surface area contributed by atoms with Crippen molar-refractivity contribution in [2.75, 3.05) is 5.32 Å². The van der Waals surface area contributed by atoms with Gasteiger partial charge in [-0.05, 0) is 52.2 Å². The molecule has 1 aliphatic rings. The number of rotatable bonds is 8. The Morgan fingerprint density at radius 2 is 1.95 bits per heavy atom. The lowest BCUT2D eigenvalue weighted by molar-refractivity contribution is -0.118. The van der Waals surface area contributed by atoms with Gasteiger partial charge < -0.3 is 9.26 Å². The van der Waals surface area contributed by atoms with Gasteiger partial charge in [0.2, 0.25) is 5.92 Å². The van der Waals surface area contributed by atoms with E-state index in [1.807, 2.05) is 13.8 Å². The number of nitrogens with zero attached hydrogens (tertiary/aromatic N) is 4. The number of ketones is 1. The second-order valence-electron chi connectivity index (χ2n) is 11.4. The maximum Gasteiger partial charge on any atom is 0.412 e. The van der Waals surface area contributed by atoms with Crippen molar-refractivity contribution in [1.29, 1.82) is 0 Å². The van der Waals surface area contributed by atoms with Crippen LogP contribution < -0.4 is 5.32 Å². The van der Waals surface area contributed by atoms with Crippen molar-refractivity contribution >= 4 is 23.4 Å². The number of hydrogen-bond donors (Lipinski definition) is 1. The molecule has 0 spiro atoms. The molecular weight excluding hydrogens is 520 g/mol. The molecule has 4 rings (SSSR count). The molecule has 0 aliphatic heterocycles. The summed E-state index contributed by atoms with van der Waals surface area (Å²) in [5, 5.41) is 11.2. The van der Waals surface area contributed by atoms with Crippen LogP contribution in [0.1, 0.15) is 82.9 Å². The summed E-state index contributed by atoms with van der Waals surface area (Å²) in [4.78, 5) is 28.8. The van der Waals surface area contributed by atoms with Crippen LogP contribution in [0.2, 0.25) is 0 Å². The molecule has 0 bridgehead atoms. The summed E-state index contributed by atoms with van der Waals surface area (Å²) in [6.07, 6.45) is -0.590. The van der Waals surface area contributed by atoms with E-state index in [9.17, 15) is 18.4 Å². The van der Waals surface area contributed by atoms with Gasteiger partial charge in [0.15, 0.2) is 0 Å². The largest absolute Gasteiger partial charge is 0.444 e. The number of anilines is 1. The summed E-state index contributed by atoms with van der Waals surface area (Å²) in [6, 6.07) is 8.57. The summed E-state index contributed by atoms with van der Waals surface area (Å²) in [5.74, 6) is -2.53.